The molecule has 4 aromatic rings. The number of carbonyl (C=O) groups is 1. The molecule has 2 atom stereocenters. The van der Waals surface area contributed by atoms with Crippen LogP contribution in [0.15, 0.2) is 57.1 Å². The number of thioether (sulfide) groups is 1. The minimum atomic E-state index is -0.461. The molecule has 1 aromatic carbocycles. The van der Waals surface area contributed by atoms with Crippen molar-refractivity contribution in [1.29, 1.82) is 0 Å². The molecule has 0 bridgehead atoms. The zero-order valence-electron chi connectivity index (χ0n) is 17.8. The summed E-state index contributed by atoms with van der Waals surface area (Å²) in [4.78, 5) is 32.5. The smallest absolute Gasteiger partial charge is 0.263 e. The molecule has 0 fully saturated rings. The highest BCUT2D eigenvalue weighted by atomic mass is 32.2. The van der Waals surface area contributed by atoms with Crippen LogP contribution in [0.1, 0.15) is 32.4 Å². The summed E-state index contributed by atoms with van der Waals surface area (Å²) in [6.45, 7) is 6.01. The maximum Gasteiger partial charge on any atom is 0.263 e. The second-order valence-electron chi connectivity index (χ2n) is 7.29. The van der Waals surface area contributed by atoms with Crippen molar-refractivity contribution < 1.29 is 9.18 Å². The number of carbonyl (C=O) groups excluding carboxylic acids is 1. The molecule has 4 rings (SSSR count). The van der Waals surface area contributed by atoms with E-state index in [9.17, 15) is 14.0 Å². The first-order chi connectivity index (χ1) is 15.4. The number of hydrogen-bond acceptors (Lipinski definition) is 6. The highest BCUT2D eigenvalue weighted by molar-refractivity contribution is 8.00. The number of fused-ring (bicyclic) bond motifs is 1. The first-order valence-electron chi connectivity index (χ1n) is 10.2. The molecule has 0 saturated carbocycles. The number of thiophene rings is 2. The molecule has 5 nitrogen and oxygen atoms in total. The zero-order valence-corrected chi connectivity index (χ0v) is 20.2. The van der Waals surface area contributed by atoms with E-state index in [1.54, 1.807) is 35.0 Å². The Balaban J connectivity index is 1.57. The Morgan fingerprint density at radius 3 is 2.62 bits per heavy atom. The third kappa shape index (κ3) is 4.51. The highest BCUT2D eigenvalue weighted by Crippen LogP contribution is 2.35. The predicted octanol–water partition coefficient (Wildman–Crippen LogP) is 5.70. The lowest BCUT2D eigenvalue weighted by atomic mass is 10.1. The Kier molecular flexibility index (Phi) is 6.78. The Hall–Kier alpha value is -2.49. The molecule has 1 amide bonds. The molecule has 0 aliphatic heterocycles. The Morgan fingerprint density at radius 2 is 1.97 bits per heavy atom. The number of halogens is 1. The normalized spacial score (nSPS) is 13.2. The van der Waals surface area contributed by atoms with Crippen LogP contribution in [0.25, 0.3) is 20.7 Å². The van der Waals surface area contributed by atoms with E-state index in [1.807, 2.05) is 36.7 Å². The second-order valence-corrected chi connectivity index (χ2v) is 10.4. The van der Waals surface area contributed by atoms with Gasteiger partial charge in [0.1, 0.15) is 10.6 Å². The largest absolute Gasteiger partial charge is 0.349 e. The maximum atomic E-state index is 13.3. The second kappa shape index (κ2) is 9.56. The van der Waals surface area contributed by atoms with Gasteiger partial charge in [0.05, 0.1) is 16.7 Å². The van der Waals surface area contributed by atoms with Gasteiger partial charge in [0.2, 0.25) is 5.91 Å². The summed E-state index contributed by atoms with van der Waals surface area (Å²) < 4.78 is 14.8. The van der Waals surface area contributed by atoms with E-state index >= 15 is 0 Å². The molecule has 0 saturated heterocycles. The molecular formula is C23H22FN3O2S3. The van der Waals surface area contributed by atoms with Crippen molar-refractivity contribution in [3.05, 3.63) is 68.9 Å². The van der Waals surface area contributed by atoms with Crippen LogP contribution in [0.5, 0.6) is 0 Å². The third-order valence-corrected chi connectivity index (χ3v) is 8.01. The van der Waals surface area contributed by atoms with Crippen molar-refractivity contribution in [2.45, 2.75) is 43.8 Å². The maximum absolute atomic E-state index is 13.3. The summed E-state index contributed by atoms with van der Waals surface area (Å²) in [5.41, 5.74) is 1.65. The predicted molar refractivity (Wildman–Crippen MR) is 131 cm³/mol. The number of nitrogens with zero attached hydrogens (tertiary/aromatic N) is 2. The minimum Gasteiger partial charge on any atom is -0.349 e. The Labute approximate surface area is 197 Å². The lowest BCUT2D eigenvalue weighted by Gasteiger charge is -2.18. The van der Waals surface area contributed by atoms with E-state index in [4.69, 9.17) is 4.98 Å². The van der Waals surface area contributed by atoms with Crippen LogP contribution in [-0.2, 0) is 11.3 Å². The average Bonchev–Trinajstić information content (AvgIpc) is 3.44. The van der Waals surface area contributed by atoms with Gasteiger partial charge in [-0.05, 0) is 49.9 Å². The number of benzene rings is 1. The number of amides is 1. The molecule has 0 spiro atoms. The van der Waals surface area contributed by atoms with Crippen molar-refractivity contribution in [3.8, 4) is 10.4 Å². The summed E-state index contributed by atoms with van der Waals surface area (Å²) >= 11 is 4.30. The topological polar surface area (TPSA) is 64.0 Å². The number of aromatic nitrogens is 2. The molecule has 166 valence electrons. The summed E-state index contributed by atoms with van der Waals surface area (Å²) in [6.07, 6.45) is 0. The van der Waals surface area contributed by atoms with Crippen molar-refractivity contribution >= 4 is 50.6 Å². The van der Waals surface area contributed by atoms with E-state index in [0.29, 0.717) is 21.9 Å². The van der Waals surface area contributed by atoms with Gasteiger partial charge in [0.15, 0.2) is 5.16 Å². The van der Waals surface area contributed by atoms with Crippen LogP contribution < -0.4 is 10.9 Å². The minimum absolute atomic E-state index is 0.0862. The highest BCUT2D eigenvalue weighted by Gasteiger charge is 2.22. The van der Waals surface area contributed by atoms with Gasteiger partial charge in [-0.15, -0.1) is 22.7 Å². The van der Waals surface area contributed by atoms with E-state index in [1.165, 1.54) is 35.2 Å². The average molecular weight is 488 g/mol. The number of rotatable bonds is 7. The first kappa shape index (κ1) is 22.7. The fourth-order valence-corrected chi connectivity index (χ4v) is 6.15. The molecule has 32 heavy (non-hydrogen) atoms. The summed E-state index contributed by atoms with van der Waals surface area (Å²) in [7, 11) is 0. The summed E-state index contributed by atoms with van der Waals surface area (Å²) in [5.74, 6) is -0.486. The van der Waals surface area contributed by atoms with Gasteiger partial charge in [-0.3, -0.25) is 14.2 Å². The molecular weight excluding hydrogens is 465 g/mol. The lowest BCUT2D eigenvalue weighted by molar-refractivity contribution is -0.120. The molecule has 0 aliphatic carbocycles. The van der Waals surface area contributed by atoms with Crippen LogP contribution in [0.2, 0.25) is 0 Å². The van der Waals surface area contributed by atoms with Gasteiger partial charge in [-0.2, -0.15) is 0 Å². The van der Waals surface area contributed by atoms with Crippen LogP contribution in [0, 0.1) is 5.82 Å². The molecule has 0 unspecified atom stereocenters. The fourth-order valence-electron chi connectivity index (χ4n) is 3.36. The van der Waals surface area contributed by atoms with Crippen molar-refractivity contribution in [1.82, 2.24) is 14.9 Å². The van der Waals surface area contributed by atoms with Crippen LogP contribution in [0.4, 0.5) is 4.39 Å². The fraction of sp³-hybridized carbons (Fsp3) is 0.261. The number of nitrogens with one attached hydrogen (secondary N) is 1. The van der Waals surface area contributed by atoms with E-state index in [-0.39, 0.29) is 23.3 Å². The monoisotopic (exact) mass is 487 g/mol. The Morgan fingerprint density at radius 1 is 1.22 bits per heavy atom. The molecule has 3 aromatic heterocycles. The molecule has 0 radical (unpaired) electrons. The molecule has 9 heteroatoms. The van der Waals surface area contributed by atoms with Gasteiger partial charge in [-0.1, -0.05) is 30.0 Å². The molecule has 0 aliphatic rings. The first-order valence-corrected chi connectivity index (χ1v) is 12.8. The van der Waals surface area contributed by atoms with Gasteiger partial charge >= 0.3 is 0 Å². The Bertz CT molecular complexity index is 1300. The van der Waals surface area contributed by atoms with E-state index < -0.39 is 5.25 Å². The lowest BCUT2D eigenvalue weighted by Crippen LogP contribution is -2.33. The van der Waals surface area contributed by atoms with Crippen LogP contribution in [-0.4, -0.2) is 20.7 Å². The van der Waals surface area contributed by atoms with Crippen molar-refractivity contribution in [3.63, 3.8) is 0 Å². The van der Waals surface area contributed by atoms with Gasteiger partial charge < -0.3 is 5.32 Å². The van der Waals surface area contributed by atoms with Gasteiger partial charge in [-0.25, -0.2) is 9.37 Å². The van der Waals surface area contributed by atoms with Crippen LogP contribution in [0.3, 0.4) is 0 Å². The van der Waals surface area contributed by atoms with Gasteiger partial charge in [0, 0.05) is 22.4 Å². The standard InChI is InChI=1S/C23H22FN3O2S3/c1-4-27-22(29)19-17(18-6-5-11-30-18)12-31-21(19)26-23(27)32-14(3)20(28)25-13(2)15-7-9-16(24)10-8-15/h5-14H,4H2,1-3H3,(H,25,28)/t13-,14-/m1/s1. The molecule has 1 N–H and O–H groups in total. The summed E-state index contributed by atoms with van der Waals surface area (Å²) in [5, 5.41) is 7.61. The quantitative estimate of drug-likeness (QED) is 0.268. The third-order valence-electron chi connectivity index (χ3n) is 5.14. The van der Waals surface area contributed by atoms with Crippen LogP contribution >= 0.6 is 34.4 Å². The van der Waals surface area contributed by atoms with E-state index in [2.05, 4.69) is 5.32 Å². The van der Waals surface area contributed by atoms with Crippen molar-refractivity contribution in [2.24, 2.45) is 0 Å². The number of hydrogen-bond donors (Lipinski definition) is 1. The summed E-state index contributed by atoms with van der Waals surface area (Å²) in [6, 6.07) is 9.77. The SMILES string of the molecule is CCn1c(S[C@H](C)C(=O)N[C@H](C)c2ccc(F)cc2)nc2scc(-c3cccs3)c2c1=O. The van der Waals surface area contributed by atoms with Gasteiger partial charge in [0.25, 0.3) is 5.56 Å². The molecule has 3 heterocycles. The van der Waals surface area contributed by atoms with Crippen molar-refractivity contribution in [2.75, 3.05) is 0 Å². The van der Waals surface area contributed by atoms with E-state index in [0.717, 1.165) is 16.0 Å². The zero-order chi connectivity index (χ0) is 22.8.